The molecular weight excluding hydrogens is 235 g/mol. The zero-order valence-electron chi connectivity index (χ0n) is 7.00. The van der Waals surface area contributed by atoms with E-state index in [9.17, 15) is 0 Å². The number of alkyl halides is 1. The molecule has 0 amide bonds. The molecule has 0 bridgehead atoms. The maximum atomic E-state index is 2.64. The highest BCUT2D eigenvalue weighted by molar-refractivity contribution is 14.1. The van der Waals surface area contributed by atoms with Crippen LogP contribution in [0.2, 0.25) is 0 Å². The van der Waals surface area contributed by atoms with Crippen molar-refractivity contribution in [2.45, 2.75) is 43.5 Å². The minimum Gasteiger partial charge on any atom is -0.0785 e. The number of hydrogen-bond donors (Lipinski definition) is 0. The van der Waals surface area contributed by atoms with Crippen LogP contribution in [0.3, 0.4) is 0 Å². The van der Waals surface area contributed by atoms with Gasteiger partial charge < -0.3 is 0 Å². The molecule has 0 aromatic rings. The molecule has 2 aliphatic rings. The third kappa shape index (κ3) is 0.788. The highest BCUT2D eigenvalue weighted by Gasteiger charge is 2.70. The highest BCUT2D eigenvalue weighted by atomic mass is 127. The normalized spacial score (nSPS) is 46.8. The van der Waals surface area contributed by atoms with Gasteiger partial charge in [0, 0.05) is 3.42 Å². The second-order valence-corrected chi connectivity index (χ2v) is 7.55. The summed E-state index contributed by atoms with van der Waals surface area (Å²) in [5, 5.41) is 0. The van der Waals surface area contributed by atoms with Gasteiger partial charge in [0.05, 0.1) is 0 Å². The summed E-state index contributed by atoms with van der Waals surface area (Å²) in [6.45, 7) is 7.19. The van der Waals surface area contributed by atoms with E-state index in [1.807, 2.05) is 0 Å². The second kappa shape index (κ2) is 1.57. The largest absolute Gasteiger partial charge is 0.0785 e. The van der Waals surface area contributed by atoms with E-state index in [0.29, 0.717) is 8.84 Å². The van der Waals surface area contributed by atoms with Gasteiger partial charge in [-0.05, 0) is 37.0 Å². The van der Waals surface area contributed by atoms with Crippen LogP contribution in [-0.4, -0.2) is 3.42 Å². The molecule has 1 spiro atoms. The van der Waals surface area contributed by atoms with E-state index < -0.39 is 0 Å². The molecule has 2 aliphatic carbocycles. The quantitative estimate of drug-likeness (QED) is 0.456. The zero-order valence-corrected chi connectivity index (χ0v) is 9.16. The first kappa shape index (κ1) is 7.38. The third-order valence-electron chi connectivity index (χ3n) is 3.29. The molecule has 2 fully saturated rings. The molecule has 0 aromatic heterocycles. The van der Waals surface area contributed by atoms with Crippen molar-refractivity contribution in [1.29, 1.82) is 0 Å². The maximum absolute atomic E-state index is 2.64. The van der Waals surface area contributed by atoms with Crippen molar-refractivity contribution in [2.24, 2.45) is 10.8 Å². The molecule has 0 N–H and O–H groups in total. The molecule has 0 aromatic carbocycles. The van der Waals surface area contributed by atoms with Gasteiger partial charge in [0.15, 0.2) is 0 Å². The van der Waals surface area contributed by atoms with E-state index in [1.165, 1.54) is 19.3 Å². The summed E-state index contributed by atoms with van der Waals surface area (Å²) >= 11 is 2.64. The van der Waals surface area contributed by atoms with E-state index in [-0.39, 0.29) is 0 Å². The first-order chi connectivity index (χ1) is 4.37. The Balaban J connectivity index is 2.05. The van der Waals surface area contributed by atoms with Gasteiger partial charge in [-0.1, -0.05) is 36.4 Å². The van der Waals surface area contributed by atoms with E-state index in [2.05, 4.69) is 43.4 Å². The summed E-state index contributed by atoms with van der Waals surface area (Å²) in [4.78, 5) is 0. The predicted octanol–water partition coefficient (Wildman–Crippen LogP) is 3.39. The van der Waals surface area contributed by atoms with Gasteiger partial charge in [-0.3, -0.25) is 0 Å². The van der Waals surface area contributed by atoms with E-state index in [1.54, 1.807) is 0 Å². The fourth-order valence-corrected chi connectivity index (χ4v) is 3.98. The van der Waals surface area contributed by atoms with Crippen LogP contribution in [0, 0.1) is 10.8 Å². The molecule has 1 atom stereocenters. The van der Waals surface area contributed by atoms with Gasteiger partial charge in [0.1, 0.15) is 0 Å². The molecule has 1 heteroatoms. The molecule has 0 nitrogen and oxygen atoms in total. The maximum Gasteiger partial charge on any atom is 0.0257 e. The molecule has 0 saturated heterocycles. The average Bonchev–Trinajstić information content (AvgIpc) is 2.01. The van der Waals surface area contributed by atoms with Gasteiger partial charge in [-0.2, -0.15) is 0 Å². The van der Waals surface area contributed by atoms with Crippen LogP contribution in [0.25, 0.3) is 0 Å². The Labute approximate surface area is 76.9 Å². The lowest BCUT2D eigenvalue weighted by molar-refractivity contribution is 0.0702. The minimum atomic E-state index is 0.667. The topological polar surface area (TPSA) is 0 Å². The fourth-order valence-electron chi connectivity index (χ4n) is 2.87. The lowest BCUT2D eigenvalue weighted by atomic mass is 9.61. The van der Waals surface area contributed by atoms with Gasteiger partial charge in [-0.25, -0.2) is 0 Å². The first-order valence-electron chi connectivity index (χ1n) is 4.06. The van der Waals surface area contributed by atoms with Crippen molar-refractivity contribution >= 4 is 22.6 Å². The van der Waals surface area contributed by atoms with E-state index >= 15 is 0 Å². The summed E-state index contributed by atoms with van der Waals surface area (Å²) in [6, 6.07) is 0. The molecular formula is C9H15I. The molecule has 0 radical (unpaired) electrons. The van der Waals surface area contributed by atoms with E-state index in [0.717, 1.165) is 5.41 Å². The summed E-state index contributed by atoms with van der Waals surface area (Å²) < 4.78 is 0.667. The minimum absolute atomic E-state index is 0.667. The molecule has 0 aliphatic heterocycles. The summed E-state index contributed by atoms with van der Waals surface area (Å²) in [5.41, 5.74) is 1.46. The van der Waals surface area contributed by atoms with Crippen LogP contribution in [0.4, 0.5) is 0 Å². The van der Waals surface area contributed by atoms with Crippen LogP contribution in [0.15, 0.2) is 0 Å². The van der Waals surface area contributed by atoms with Crippen LogP contribution in [0.5, 0.6) is 0 Å². The van der Waals surface area contributed by atoms with Crippen molar-refractivity contribution in [3.8, 4) is 0 Å². The summed E-state index contributed by atoms with van der Waals surface area (Å²) in [5.74, 6) is 0. The smallest absolute Gasteiger partial charge is 0.0257 e. The summed E-state index contributed by atoms with van der Waals surface area (Å²) in [6.07, 6.45) is 4.42. The van der Waals surface area contributed by atoms with Crippen molar-refractivity contribution in [1.82, 2.24) is 0 Å². The number of hydrogen-bond acceptors (Lipinski definition) is 0. The Hall–Kier alpha value is 0.730. The van der Waals surface area contributed by atoms with Gasteiger partial charge >= 0.3 is 0 Å². The third-order valence-corrected chi connectivity index (χ3v) is 4.81. The molecule has 2 rings (SSSR count). The SMILES string of the molecule is CC1(C)CC2(C1)CC2(C)I. The second-order valence-electron chi connectivity index (χ2n) is 5.17. The lowest BCUT2D eigenvalue weighted by Gasteiger charge is -2.45. The molecule has 2 saturated carbocycles. The Morgan fingerprint density at radius 3 is 1.50 bits per heavy atom. The van der Waals surface area contributed by atoms with Crippen LogP contribution in [-0.2, 0) is 0 Å². The Kier molecular flexibility index (Phi) is 1.16. The van der Waals surface area contributed by atoms with Crippen LogP contribution >= 0.6 is 22.6 Å². The van der Waals surface area contributed by atoms with Gasteiger partial charge in [-0.15, -0.1) is 0 Å². The fraction of sp³-hybridized carbons (Fsp3) is 1.00. The standard InChI is InChI=1S/C9H15I/c1-7(2)4-9(5-7)6-8(9,3)10/h4-6H2,1-3H3. The van der Waals surface area contributed by atoms with Crippen molar-refractivity contribution < 1.29 is 0 Å². The van der Waals surface area contributed by atoms with Crippen LogP contribution in [0.1, 0.15) is 40.0 Å². The first-order valence-corrected chi connectivity index (χ1v) is 5.14. The van der Waals surface area contributed by atoms with E-state index in [4.69, 9.17) is 0 Å². The molecule has 58 valence electrons. The predicted molar refractivity (Wildman–Crippen MR) is 52.5 cm³/mol. The number of rotatable bonds is 0. The Bertz CT molecular complexity index is 171. The molecule has 0 heterocycles. The zero-order chi connectivity index (χ0) is 7.62. The Morgan fingerprint density at radius 1 is 1.00 bits per heavy atom. The van der Waals surface area contributed by atoms with Crippen molar-refractivity contribution in [2.75, 3.05) is 0 Å². The van der Waals surface area contributed by atoms with Crippen molar-refractivity contribution in [3.63, 3.8) is 0 Å². The lowest BCUT2D eigenvalue weighted by Crippen LogP contribution is -2.36. The monoisotopic (exact) mass is 250 g/mol. The van der Waals surface area contributed by atoms with Crippen molar-refractivity contribution in [3.05, 3.63) is 0 Å². The van der Waals surface area contributed by atoms with Gasteiger partial charge in [0.2, 0.25) is 0 Å². The molecule has 10 heavy (non-hydrogen) atoms. The van der Waals surface area contributed by atoms with Gasteiger partial charge in [0.25, 0.3) is 0 Å². The molecule has 1 unspecified atom stereocenters. The summed E-state index contributed by atoms with van der Waals surface area (Å²) in [7, 11) is 0. The van der Waals surface area contributed by atoms with Crippen LogP contribution < -0.4 is 0 Å². The average molecular weight is 250 g/mol. The highest BCUT2D eigenvalue weighted by Crippen LogP contribution is 2.77. The Morgan fingerprint density at radius 2 is 1.40 bits per heavy atom. The number of halogens is 1.